The Balaban J connectivity index is 1.55. The quantitative estimate of drug-likeness (QED) is 0.420. The van der Waals surface area contributed by atoms with Crippen molar-refractivity contribution >= 4 is 12.1 Å². The van der Waals surface area contributed by atoms with Gasteiger partial charge in [0.15, 0.2) is 6.61 Å². The number of para-hydroxylation sites is 2. The molecule has 154 valence electrons. The van der Waals surface area contributed by atoms with E-state index in [9.17, 15) is 13.6 Å². The van der Waals surface area contributed by atoms with Crippen molar-refractivity contribution < 1.29 is 23.0 Å². The highest BCUT2D eigenvalue weighted by Crippen LogP contribution is 2.21. The third kappa shape index (κ3) is 6.41. The molecule has 0 radical (unpaired) electrons. The first kappa shape index (κ1) is 21.0. The Morgan fingerprint density at radius 2 is 1.60 bits per heavy atom. The molecule has 0 saturated heterocycles. The number of alkyl halides is 2. The van der Waals surface area contributed by atoms with E-state index in [2.05, 4.69) is 15.3 Å². The Hall–Kier alpha value is -3.74. The molecule has 1 N–H and O–H groups in total. The van der Waals surface area contributed by atoms with Crippen LogP contribution in [0.5, 0.6) is 11.5 Å². The minimum Gasteiger partial charge on any atom is -0.483 e. The number of ether oxygens (including phenoxy) is 2. The van der Waals surface area contributed by atoms with E-state index >= 15 is 0 Å². The summed E-state index contributed by atoms with van der Waals surface area (Å²) in [6.45, 7) is -3.18. The third-order valence-corrected chi connectivity index (χ3v) is 4.10. The Bertz CT molecular complexity index is 995. The predicted octanol–water partition coefficient (Wildman–Crippen LogP) is 4.41. The number of carbonyl (C=O) groups excluding carboxylic acids is 1. The van der Waals surface area contributed by atoms with Gasteiger partial charge >= 0.3 is 6.61 Å². The van der Waals surface area contributed by atoms with Crippen LogP contribution in [0, 0.1) is 0 Å². The van der Waals surface area contributed by atoms with Crippen molar-refractivity contribution in [3.05, 3.63) is 95.6 Å². The average Bonchev–Trinajstić information content (AvgIpc) is 2.75. The first-order valence-corrected chi connectivity index (χ1v) is 9.22. The summed E-state index contributed by atoms with van der Waals surface area (Å²) in [7, 11) is 0. The molecule has 0 heterocycles. The fraction of sp³-hybridized carbons (Fsp3) is 0.130. The molecule has 3 aromatic rings. The van der Waals surface area contributed by atoms with E-state index in [1.54, 1.807) is 24.3 Å². The largest absolute Gasteiger partial charge is 0.483 e. The molecule has 0 saturated carbocycles. The van der Waals surface area contributed by atoms with Crippen LogP contribution < -0.4 is 14.9 Å². The van der Waals surface area contributed by atoms with Gasteiger partial charge in [-0.3, -0.25) is 4.79 Å². The fourth-order valence-electron chi connectivity index (χ4n) is 2.75. The molecule has 0 aliphatic rings. The SMILES string of the molecule is O=C(COc1ccccc1Cc1ccccc1)N/N=C\c1ccccc1OC(F)F. The van der Waals surface area contributed by atoms with Gasteiger partial charge in [0.25, 0.3) is 5.91 Å². The summed E-state index contributed by atoms with van der Waals surface area (Å²) in [6, 6.07) is 23.6. The molecule has 0 fully saturated rings. The van der Waals surface area contributed by atoms with Gasteiger partial charge in [-0.2, -0.15) is 13.9 Å². The standard InChI is InChI=1S/C23H20F2N2O3/c24-23(25)30-21-13-7-5-11-19(21)15-26-27-22(28)16-29-20-12-6-4-10-18(20)14-17-8-2-1-3-9-17/h1-13,15,23H,14,16H2,(H,27,28)/b26-15-. The molecule has 30 heavy (non-hydrogen) atoms. The highest BCUT2D eigenvalue weighted by molar-refractivity contribution is 5.85. The molecule has 0 aliphatic carbocycles. The van der Waals surface area contributed by atoms with Gasteiger partial charge in [-0.1, -0.05) is 60.7 Å². The van der Waals surface area contributed by atoms with Crippen LogP contribution in [0.15, 0.2) is 84.0 Å². The number of hydrogen-bond acceptors (Lipinski definition) is 4. The van der Waals surface area contributed by atoms with Gasteiger partial charge in [-0.25, -0.2) is 5.43 Å². The van der Waals surface area contributed by atoms with Crippen LogP contribution in [0.2, 0.25) is 0 Å². The average molecular weight is 410 g/mol. The van der Waals surface area contributed by atoms with Gasteiger partial charge < -0.3 is 9.47 Å². The number of nitrogens with zero attached hydrogens (tertiary/aromatic N) is 1. The molecule has 7 heteroatoms. The molecule has 0 bridgehead atoms. The zero-order valence-corrected chi connectivity index (χ0v) is 16.0. The molecule has 3 aromatic carbocycles. The topological polar surface area (TPSA) is 59.9 Å². The second kappa shape index (κ2) is 10.7. The Labute approximate surface area is 173 Å². The van der Waals surface area contributed by atoms with Crippen LogP contribution in [-0.4, -0.2) is 25.3 Å². The summed E-state index contributed by atoms with van der Waals surface area (Å²) in [5.74, 6) is 0.0979. The van der Waals surface area contributed by atoms with Crippen LogP contribution in [0.25, 0.3) is 0 Å². The van der Waals surface area contributed by atoms with E-state index in [4.69, 9.17) is 4.74 Å². The molecule has 0 spiro atoms. The summed E-state index contributed by atoms with van der Waals surface area (Å²) >= 11 is 0. The highest BCUT2D eigenvalue weighted by atomic mass is 19.3. The molecule has 3 rings (SSSR count). The van der Waals surface area contributed by atoms with E-state index in [1.807, 2.05) is 48.5 Å². The summed E-state index contributed by atoms with van der Waals surface area (Å²) in [6.07, 6.45) is 1.91. The summed E-state index contributed by atoms with van der Waals surface area (Å²) < 4.78 is 34.9. The maximum Gasteiger partial charge on any atom is 0.387 e. The Morgan fingerprint density at radius 3 is 2.37 bits per heavy atom. The summed E-state index contributed by atoms with van der Waals surface area (Å²) in [5.41, 5.74) is 4.71. The van der Waals surface area contributed by atoms with E-state index < -0.39 is 12.5 Å². The second-order valence-electron chi connectivity index (χ2n) is 6.27. The van der Waals surface area contributed by atoms with Crippen molar-refractivity contribution in [2.75, 3.05) is 6.61 Å². The van der Waals surface area contributed by atoms with Gasteiger partial charge in [0.05, 0.1) is 6.21 Å². The van der Waals surface area contributed by atoms with Crippen molar-refractivity contribution in [3.8, 4) is 11.5 Å². The molecule has 1 amide bonds. The van der Waals surface area contributed by atoms with Crippen LogP contribution in [0.4, 0.5) is 8.78 Å². The van der Waals surface area contributed by atoms with Crippen molar-refractivity contribution in [2.45, 2.75) is 13.0 Å². The number of halogens is 2. The summed E-state index contributed by atoms with van der Waals surface area (Å²) in [4.78, 5) is 12.0. The van der Waals surface area contributed by atoms with Gasteiger partial charge in [0.1, 0.15) is 11.5 Å². The smallest absolute Gasteiger partial charge is 0.387 e. The zero-order chi connectivity index (χ0) is 21.2. The highest BCUT2D eigenvalue weighted by Gasteiger charge is 2.09. The van der Waals surface area contributed by atoms with E-state index in [0.717, 1.165) is 11.1 Å². The molecule has 0 unspecified atom stereocenters. The van der Waals surface area contributed by atoms with Crippen LogP contribution in [0.1, 0.15) is 16.7 Å². The first-order chi connectivity index (χ1) is 14.6. The maximum absolute atomic E-state index is 12.4. The van der Waals surface area contributed by atoms with Gasteiger partial charge in [0, 0.05) is 12.0 Å². The lowest BCUT2D eigenvalue weighted by atomic mass is 10.0. The molecular weight excluding hydrogens is 390 g/mol. The molecular formula is C23H20F2N2O3. The second-order valence-corrected chi connectivity index (χ2v) is 6.27. The van der Waals surface area contributed by atoms with Crippen molar-refractivity contribution in [3.63, 3.8) is 0 Å². The summed E-state index contributed by atoms with van der Waals surface area (Å²) in [5, 5.41) is 3.78. The fourth-order valence-corrected chi connectivity index (χ4v) is 2.75. The maximum atomic E-state index is 12.4. The number of rotatable bonds is 9. The van der Waals surface area contributed by atoms with Gasteiger partial charge in [0.2, 0.25) is 0 Å². The lowest BCUT2D eigenvalue weighted by Crippen LogP contribution is -2.24. The minimum atomic E-state index is -2.95. The van der Waals surface area contributed by atoms with E-state index in [1.165, 1.54) is 12.3 Å². The molecule has 0 atom stereocenters. The number of nitrogens with one attached hydrogen (secondary N) is 1. The number of benzene rings is 3. The lowest BCUT2D eigenvalue weighted by molar-refractivity contribution is -0.123. The van der Waals surface area contributed by atoms with Crippen molar-refractivity contribution in [1.29, 1.82) is 0 Å². The Morgan fingerprint density at radius 1 is 0.933 bits per heavy atom. The lowest BCUT2D eigenvalue weighted by Gasteiger charge is -2.11. The number of amides is 1. The first-order valence-electron chi connectivity index (χ1n) is 9.22. The van der Waals surface area contributed by atoms with Gasteiger partial charge in [-0.05, 0) is 29.3 Å². The normalized spacial score (nSPS) is 10.9. The van der Waals surface area contributed by atoms with Gasteiger partial charge in [-0.15, -0.1) is 0 Å². The van der Waals surface area contributed by atoms with Crippen LogP contribution >= 0.6 is 0 Å². The van der Waals surface area contributed by atoms with E-state index in [-0.39, 0.29) is 12.4 Å². The zero-order valence-electron chi connectivity index (χ0n) is 16.0. The van der Waals surface area contributed by atoms with E-state index in [0.29, 0.717) is 17.7 Å². The molecule has 0 aromatic heterocycles. The minimum absolute atomic E-state index is 0.0309. The monoisotopic (exact) mass is 410 g/mol. The van der Waals surface area contributed by atoms with Crippen molar-refractivity contribution in [2.24, 2.45) is 5.10 Å². The molecule has 5 nitrogen and oxygen atoms in total. The van der Waals surface area contributed by atoms with Crippen LogP contribution in [0.3, 0.4) is 0 Å². The Kier molecular flexibility index (Phi) is 7.49. The number of hydrogen-bond donors (Lipinski definition) is 1. The van der Waals surface area contributed by atoms with Crippen LogP contribution in [-0.2, 0) is 11.2 Å². The predicted molar refractivity (Wildman–Crippen MR) is 110 cm³/mol. The van der Waals surface area contributed by atoms with Crippen molar-refractivity contribution in [1.82, 2.24) is 5.43 Å². The number of carbonyl (C=O) groups is 1. The number of hydrazone groups is 1. The molecule has 0 aliphatic heterocycles. The third-order valence-electron chi connectivity index (χ3n) is 4.10.